The van der Waals surface area contributed by atoms with Crippen molar-refractivity contribution in [3.05, 3.63) is 107 Å². The van der Waals surface area contributed by atoms with E-state index in [9.17, 15) is 4.79 Å². The monoisotopic (exact) mass is 384 g/mol. The van der Waals surface area contributed by atoms with Crippen molar-refractivity contribution in [2.45, 2.75) is 37.8 Å². The highest BCUT2D eigenvalue weighted by Crippen LogP contribution is 2.29. The van der Waals surface area contributed by atoms with Crippen LogP contribution in [0.2, 0.25) is 0 Å². The van der Waals surface area contributed by atoms with Crippen LogP contribution in [0.15, 0.2) is 84.9 Å². The molecule has 2 N–H and O–H groups in total. The number of benzene rings is 3. The van der Waals surface area contributed by atoms with Crippen LogP contribution in [0.3, 0.4) is 0 Å². The first-order chi connectivity index (χ1) is 14.3. The van der Waals surface area contributed by atoms with E-state index in [2.05, 4.69) is 71.3 Å². The lowest BCUT2D eigenvalue weighted by atomic mass is 9.88. The summed E-state index contributed by atoms with van der Waals surface area (Å²) >= 11 is 0. The van der Waals surface area contributed by atoms with E-state index in [-0.39, 0.29) is 18.0 Å². The molecule has 0 spiro atoms. The van der Waals surface area contributed by atoms with Gasteiger partial charge in [0.2, 0.25) is 5.91 Å². The molecule has 1 aliphatic carbocycles. The van der Waals surface area contributed by atoms with Gasteiger partial charge in [0.05, 0.1) is 12.6 Å². The molecule has 29 heavy (non-hydrogen) atoms. The van der Waals surface area contributed by atoms with Crippen molar-refractivity contribution in [1.29, 1.82) is 0 Å². The summed E-state index contributed by atoms with van der Waals surface area (Å²) in [5.74, 6) is 0.0562. The number of rotatable bonds is 7. The standard InChI is InChI=1S/C26H28N2O/c29-26(28-24-17-9-15-21-12-7-8-16-23(21)24)19-27-25(22-13-5-2-6-14-22)18-20-10-3-1-4-11-20/h1-8,10-14,16,24-25,27H,9,15,17-19H2,(H,28,29). The number of carbonyl (C=O) groups is 1. The van der Waals surface area contributed by atoms with Gasteiger partial charge in [-0.25, -0.2) is 0 Å². The van der Waals surface area contributed by atoms with Crippen LogP contribution in [0.5, 0.6) is 0 Å². The van der Waals surface area contributed by atoms with Crippen LogP contribution in [-0.2, 0) is 17.6 Å². The molecule has 0 bridgehead atoms. The van der Waals surface area contributed by atoms with Crippen LogP contribution in [0.1, 0.15) is 47.2 Å². The Kier molecular flexibility index (Phi) is 6.38. The van der Waals surface area contributed by atoms with Gasteiger partial charge in [0.1, 0.15) is 0 Å². The third kappa shape index (κ3) is 5.12. The molecule has 4 rings (SSSR count). The zero-order valence-electron chi connectivity index (χ0n) is 16.7. The second kappa shape index (κ2) is 9.53. The summed E-state index contributed by atoms with van der Waals surface area (Å²) in [5, 5.41) is 6.73. The van der Waals surface area contributed by atoms with Crippen molar-refractivity contribution < 1.29 is 4.79 Å². The van der Waals surface area contributed by atoms with Gasteiger partial charge in [-0.2, -0.15) is 0 Å². The van der Waals surface area contributed by atoms with Gasteiger partial charge in [0.25, 0.3) is 0 Å². The molecule has 148 valence electrons. The summed E-state index contributed by atoms with van der Waals surface area (Å²) in [4.78, 5) is 12.7. The quantitative estimate of drug-likeness (QED) is 0.617. The zero-order chi connectivity index (χ0) is 19.9. The Morgan fingerprint density at radius 3 is 2.38 bits per heavy atom. The molecular weight excluding hydrogens is 356 g/mol. The van der Waals surface area contributed by atoms with E-state index >= 15 is 0 Å². The summed E-state index contributed by atoms with van der Waals surface area (Å²) in [6.07, 6.45) is 4.09. The molecule has 0 aliphatic heterocycles. The molecule has 0 saturated carbocycles. The van der Waals surface area contributed by atoms with Gasteiger partial charge in [-0.05, 0) is 47.9 Å². The largest absolute Gasteiger partial charge is 0.348 e. The van der Waals surface area contributed by atoms with Gasteiger partial charge in [0, 0.05) is 6.04 Å². The number of nitrogens with one attached hydrogen (secondary N) is 2. The number of hydrogen-bond donors (Lipinski definition) is 2. The Morgan fingerprint density at radius 2 is 1.59 bits per heavy atom. The average Bonchev–Trinajstić information content (AvgIpc) is 2.78. The third-order valence-electron chi connectivity index (χ3n) is 5.70. The van der Waals surface area contributed by atoms with E-state index in [1.807, 2.05) is 24.3 Å². The van der Waals surface area contributed by atoms with Gasteiger partial charge >= 0.3 is 0 Å². The number of carbonyl (C=O) groups excluding carboxylic acids is 1. The minimum absolute atomic E-state index is 0.0562. The van der Waals surface area contributed by atoms with E-state index in [1.54, 1.807) is 0 Å². The first kappa shape index (κ1) is 19.4. The Labute approximate surface area is 173 Å². The van der Waals surface area contributed by atoms with E-state index < -0.39 is 0 Å². The first-order valence-corrected chi connectivity index (χ1v) is 10.5. The fourth-order valence-corrected chi connectivity index (χ4v) is 4.21. The van der Waals surface area contributed by atoms with E-state index in [4.69, 9.17) is 0 Å². The Bertz CT molecular complexity index is 924. The lowest BCUT2D eigenvalue weighted by Gasteiger charge is -2.27. The highest BCUT2D eigenvalue weighted by Gasteiger charge is 2.22. The van der Waals surface area contributed by atoms with Gasteiger partial charge in [-0.3, -0.25) is 4.79 Å². The fraction of sp³-hybridized carbons (Fsp3) is 0.269. The van der Waals surface area contributed by atoms with Crippen molar-refractivity contribution in [2.75, 3.05) is 6.54 Å². The van der Waals surface area contributed by atoms with Crippen LogP contribution in [-0.4, -0.2) is 12.5 Å². The van der Waals surface area contributed by atoms with E-state index in [0.717, 1.165) is 25.7 Å². The van der Waals surface area contributed by atoms with Gasteiger partial charge in [-0.15, -0.1) is 0 Å². The Balaban J connectivity index is 1.40. The average molecular weight is 385 g/mol. The Morgan fingerprint density at radius 1 is 0.897 bits per heavy atom. The molecule has 0 heterocycles. The second-order valence-electron chi connectivity index (χ2n) is 7.75. The van der Waals surface area contributed by atoms with Crippen molar-refractivity contribution in [1.82, 2.24) is 10.6 Å². The zero-order valence-corrected chi connectivity index (χ0v) is 16.7. The number of amides is 1. The van der Waals surface area contributed by atoms with Crippen LogP contribution in [0, 0.1) is 0 Å². The van der Waals surface area contributed by atoms with Gasteiger partial charge < -0.3 is 10.6 Å². The lowest BCUT2D eigenvalue weighted by molar-refractivity contribution is -0.121. The molecule has 0 aromatic heterocycles. The number of aryl methyl sites for hydroxylation is 1. The molecule has 3 aromatic carbocycles. The summed E-state index contributed by atoms with van der Waals surface area (Å²) in [5.41, 5.74) is 5.10. The third-order valence-corrected chi connectivity index (χ3v) is 5.70. The molecule has 1 amide bonds. The topological polar surface area (TPSA) is 41.1 Å². The van der Waals surface area contributed by atoms with Crippen molar-refractivity contribution in [3.8, 4) is 0 Å². The molecule has 3 aromatic rings. The van der Waals surface area contributed by atoms with Gasteiger partial charge in [0.15, 0.2) is 0 Å². The minimum atomic E-state index is 0.0562. The van der Waals surface area contributed by atoms with Gasteiger partial charge in [-0.1, -0.05) is 84.9 Å². The predicted octanol–water partition coefficient (Wildman–Crippen LogP) is 4.75. The van der Waals surface area contributed by atoms with Crippen molar-refractivity contribution >= 4 is 5.91 Å². The van der Waals surface area contributed by atoms with Crippen LogP contribution < -0.4 is 10.6 Å². The molecule has 0 radical (unpaired) electrons. The highest BCUT2D eigenvalue weighted by atomic mass is 16.2. The van der Waals surface area contributed by atoms with Crippen molar-refractivity contribution in [3.63, 3.8) is 0 Å². The summed E-state index contributed by atoms with van der Waals surface area (Å²) in [6.45, 7) is 0.311. The molecule has 2 unspecified atom stereocenters. The molecule has 3 nitrogen and oxygen atoms in total. The van der Waals surface area contributed by atoms with Crippen molar-refractivity contribution in [2.24, 2.45) is 0 Å². The molecule has 1 aliphatic rings. The number of fused-ring (bicyclic) bond motifs is 1. The predicted molar refractivity (Wildman–Crippen MR) is 118 cm³/mol. The smallest absolute Gasteiger partial charge is 0.234 e. The molecule has 0 saturated heterocycles. The summed E-state index contributed by atoms with van der Waals surface area (Å²) in [7, 11) is 0. The maximum Gasteiger partial charge on any atom is 0.234 e. The molecule has 2 atom stereocenters. The maximum atomic E-state index is 12.7. The van der Waals surface area contributed by atoms with Crippen LogP contribution in [0.25, 0.3) is 0 Å². The minimum Gasteiger partial charge on any atom is -0.348 e. The Hall–Kier alpha value is -2.91. The SMILES string of the molecule is O=C(CNC(Cc1ccccc1)c1ccccc1)NC1CCCc2ccccc21. The molecular formula is C26H28N2O. The molecule has 0 fully saturated rings. The fourth-order valence-electron chi connectivity index (χ4n) is 4.21. The maximum absolute atomic E-state index is 12.7. The molecule has 3 heteroatoms. The van der Waals surface area contributed by atoms with E-state index in [1.165, 1.54) is 22.3 Å². The first-order valence-electron chi connectivity index (χ1n) is 10.5. The normalized spacial score (nSPS) is 16.6. The van der Waals surface area contributed by atoms with E-state index in [0.29, 0.717) is 6.54 Å². The lowest BCUT2D eigenvalue weighted by Crippen LogP contribution is -2.39. The number of hydrogen-bond acceptors (Lipinski definition) is 2. The van der Waals surface area contributed by atoms with Crippen LogP contribution >= 0.6 is 0 Å². The summed E-state index contributed by atoms with van der Waals surface area (Å²) in [6, 6.07) is 29.5. The summed E-state index contributed by atoms with van der Waals surface area (Å²) < 4.78 is 0. The second-order valence-corrected chi connectivity index (χ2v) is 7.75. The highest BCUT2D eigenvalue weighted by molar-refractivity contribution is 5.78. The van der Waals surface area contributed by atoms with Crippen LogP contribution in [0.4, 0.5) is 0 Å².